The van der Waals surface area contributed by atoms with E-state index in [0.717, 1.165) is 11.0 Å². The van der Waals surface area contributed by atoms with Gasteiger partial charge < -0.3 is 14.6 Å². The molecule has 0 unspecified atom stereocenters. The van der Waals surface area contributed by atoms with Gasteiger partial charge in [0.15, 0.2) is 5.78 Å². The van der Waals surface area contributed by atoms with Gasteiger partial charge in [-0.15, -0.1) is 0 Å². The van der Waals surface area contributed by atoms with Crippen molar-refractivity contribution in [1.29, 1.82) is 0 Å². The summed E-state index contributed by atoms with van der Waals surface area (Å²) < 4.78 is 6.99. The number of hydrogen-bond donors (Lipinski definition) is 1. The molecule has 1 heterocycles. The largest absolute Gasteiger partial charge is 0.383 e. The Morgan fingerprint density at radius 3 is 2.71 bits per heavy atom. The van der Waals surface area contributed by atoms with Crippen molar-refractivity contribution < 1.29 is 9.53 Å². The fraction of sp³-hybridized carbons (Fsp3) is 0.500. The smallest absolute Gasteiger partial charge is 0.204 e. The first-order valence-electron chi connectivity index (χ1n) is 7.15. The molecule has 1 aromatic carbocycles. The van der Waals surface area contributed by atoms with E-state index in [4.69, 9.17) is 4.74 Å². The van der Waals surface area contributed by atoms with Crippen molar-refractivity contribution >= 4 is 22.8 Å². The van der Waals surface area contributed by atoms with Crippen LogP contribution in [0.5, 0.6) is 0 Å². The number of carbonyl (C=O) groups excluding carboxylic acids is 1. The van der Waals surface area contributed by atoms with Crippen LogP contribution >= 0.6 is 0 Å². The first-order valence-corrected chi connectivity index (χ1v) is 7.15. The number of para-hydroxylation sites is 2. The molecule has 21 heavy (non-hydrogen) atoms. The van der Waals surface area contributed by atoms with Crippen molar-refractivity contribution in [3.63, 3.8) is 0 Å². The lowest BCUT2D eigenvalue weighted by Gasteiger charge is -2.18. The number of methoxy groups -OCH3 is 1. The molecule has 0 saturated carbocycles. The van der Waals surface area contributed by atoms with E-state index >= 15 is 0 Å². The molecule has 0 saturated heterocycles. The standard InChI is InChI=1S/C16H23N3O2/c1-16(2,3)14(20)11-19-13-8-6-5-7-12(13)18-15(19)17-9-10-21-4/h5-8H,9-11H2,1-4H3,(H,17,18). The van der Waals surface area contributed by atoms with E-state index in [1.807, 2.05) is 49.6 Å². The summed E-state index contributed by atoms with van der Waals surface area (Å²) in [5.74, 6) is 0.895. The Hall–Kier alpha value is -1.88. The van der Waals surface area contributed by atoms with Gasteiger partial charge in [0, 0.05) is 19.1 Å². The summed E-state index contributed by atoms with van der Waals surface area (Å²) in [7, 11) is 1.66. The van der Waals surface area contributed by atoms with Crippen LogP contribution in [0.4, 0.5) is 5.95 Å². The Kier molecular flexibility index (Phi) is 4.63. The van der Waals surface area contributed by atoms with Gasteiger partial charge in [0.2, 0.25) is 5.95 Å². The van der Waals surface area contributed by atoms with Crippen molar-refractivity contribution in [2.45, 2.75) is 27.3 Å². The predicted octanol–water partition coefficient (Wildman–Crippen LogP) is 2.71. The minimum atomic E-state index is -0.366. The lowest BCUT2D eigenvalue weighted by molar-refractivity contribution is -0.126. The van der Waals surface area contributed by atoms with E-state index in [9.17, 15) is 4.79 Å². The lowest BCUT2D eigenvalue weighted by Crippen LogP contribution is -2.26. The summed E-state index contributed by atoms with van der Waals surface area (Å²) in [5, 5.41) is 3.24. The maximum Gasteiger partial charge on any atom is 0.204 e. The van der Waals surface area contributed by atoms with Gasteiger partial charge in [0.25, 0.3) is 0 Å². The SMILES string of the molecule is COCCNc1nc2ccccc2n1CC(=O)C(C)(C)C. The van der Waals surface area contributed by atoms with Crippen LogP contribution in [0.1, 0.15) is 20.8 Å². The van der Waals surface area contributed by atoms with E-state index in [1.54, 1.807) is 7.11 Å². The first-order chi connectivity index (χ1) is 9.93. The van der Waals surface area contributed by atoms with Crippen LogP contribution in [0, 0.1) is 5.41 Å². The molecule has 0 amide bonds. The normalized spacial score (nSPS) is 11.8. The van der Waals surface area contributed by atoms with Crippen LogP contribution in [-0.4, -0.2) is 35.6 Å². The van der Waals surface area contributed by atoms with Gasteiger partial charge in [-0.25, -0.2) is 4.98 Å². The third-order valence-corrected chi connectivity index (χ3v) is 3.38. The maximum absolute atomic E-state index is 12.4. The highest BCUT2D eigenvalue weighted by Crippen LogP contribution is 2.22. The molecule has 1 N–H and O–H groups in total. The van der Waals surface area contributed by atoms with Crippen LogP contribution in [-0.2, 0) is 16.1 Å². The Morgan fingerprint density at radius 2 is 2.05 bits per heavy atom. The molecule has 5 heteroatoms. The number of carbonyl (C=O) groups is 1. The third-order valence-electron chi connectivity index (χ3n) is 3.38. The Labute approximate surface area is 125 Å². The van der Waals surface area contributed by atoms with Crippen LogP contribution in [0.3, 0.4) is 0 Å². The summed E-state index contributed by atoms with van der Waals surface area (Å²) in [6.07, 6.45) is 0. The average Bonchev–Trinajstić information content (AvgIpc) is 2.76. The molecule has 1 aromatic heterocycles. The summed E-state index contributed by atoms with van der Waals surface area (Å²) in [4.78, 5) is 16.9. The fourth-order valence-electron chi connectivity index (χ4n) is 2.02. The van der Waals surface area contributed by atoms with Gasteiger partial charge >= 0.3 is 0 Å². The number of ketones is 1. The van der Waals surface area contributed by atoms with Crippen LogP contribution in [0.15, 0.2) is 24.3 Å². The number of rotatable bonds is 6. The number of aromatic nitrogens is 2. The zero-order valence-electron chi connectivity index (χ0n) is 13.1. The molecule has 0 fully saturated rings. The molecule has 114 valence electrons. The van der Waals surface area contributed by atoms with Gasteiger partial charge in [0.1, 0.15) is 0 Å². The van der Waals surface area contributed by atoms with Crippen molar-refractivity contribution in [3.05, 3.63) is 24.3 Å². The third kappa shape index (κ3) is 3.61. The minimum absolute atomic E-state index is 0.181. The van der Waals surface area contributed by atoms with Crippen molar-refractivity contribution in [2.24, 2.45) is 5.41 Å². The molecule has 0 aliphatic carbocycles. The highest BCUT2D eigenvalue weighted by atomic mass is 16.5. The number of nitrogens with one attached hydrogen (secondary N) is 1. The topological polar surface area (TPSA) is 56.1 Å². The number of hydrogen-bond acceptors (Lipinski definition) is 4. The van der Waals surface area contributed by atoms with Gasteiger partial charge in [-0.05, 0) is 12.1 Å². The summed E-state index contributed by atoms with van der Waals surface area (Å²) in [5.41, 5.74) is 1.49. The van der Waals surface area contributed by atoms with Gasteiger partial charge in [0.05, 0.1) is 24.2 Å². The predicted molar refractivity (Wildman–Crippen MR) is 84.6 cm³/mol. The van der Waals surface area contributed by atoms with E-state index in [-0.39, 0.29) is 11.2 Å². The number of imidazole rings is 1. The highest BCUT2D eigenvalue weighted by molar-refractivity contribution is 5.87. The zero-order chi connectivity index (χ0) is 15.5. The summed E-state index contributed by atoms with van der Waals surface area (Å²) in [6.45, 7) is 7.38. The van der Waals surface area contributed by atoms with Crippen LogP contribution in [0.25, 0.3) is 11.0 Å². The van der Waals surface area contributed by atoms with Gasteiger partial charge in [-0.2, -0.15) is 0 Å². The van der Waals surface area contributed by atoms with Crippen LogP contribution in [0.2, 0.25) is 0 Å². The molecule has 0 spiro atoms. The first kappa shape index (κ1) is 15.5. The Morgan fingerprint density at radius 1 is 1.33 bits per heavy atom. The minimum Gasteiger partial charge on any atom is -0.383 e. The fourth-order valence-corrected chi connectivity index (χ4v) is 2.02. The number of benzene rings is 1. The van der Waals surface area contributed by atoms with E-state index in [2.05, 4.69) is 10.3 Å². The second-order valence-electron chi connectivity index (χ2n) is 6.10. The molecule has 2 rings (SSSR count). The van der Waals surface area contributed by atoms with E-state index in [1.165, 1.54) is 0 Å². The maximum atomic E-state index is 12.4. The Bertz CT molecular complexity index is 626. The highest BCUT2D eigenvalue weighted by Gasteiger charge is 2.23. The number of fused-ring (bicyclic) bond motifs is 1. The van der Waals surface area contributed by atoms with Gasteiger partial charge in [-0.3, -0.25) is 4.79 Å². The molecular formula is C16H23N3O2. The number of anilines is 1. The van der Waals surface area contributed by atoms with Crippen LogP contribution < -0.4 is 5.32 Å². The molecule has 0 atom stereocenters. The molecule has 0 aliphatic rings. The number of nitrogens with zero attached hydrogens (tertiary/aromatic N) is 2. The second kappa shape index (κ2) is 6.26. The zero-order valence-corrected chi connectivity index (χ0v) is 13.1. The lowest BCUT2D eigenvalue weighted by atomic mass is 9.91. The quantitative estimate of drug-likeness (QED) is 0.831. The average molecular weight is 289 g/mol. The molecular weight excluding hydrogens is 266 g/mol. The summed E-state index contributed by atoms with van der Waals surface area (Å²) >= 11 is 0. The monoisotopic (exact) mass is 289 g/mol. The number of Topliss-reactive ketones (excluding diaryl/α,β-unsaturated/α-hetero) is 1. The Balaban J connectivity index is 2.33. The molecule has 5 nitrogen and oxygen atoms in total. The number of ether oxygens (including phenoxy) is 1. The summed E-state index contributed by atoms with van der Waals surface area (Å²) in [6, 6.07) is 7.85. The molecule has 0 radical (unpaired) electrons. The van der Waals surface area contributed by atoms with Crippen molar-refractivity contribution in [3.8, 4) is 0 Å². The second-order valence-corrected chi connectivity index (χ2v) is 6.10. The molecule has 0 bridgehead atoms. The van der Waals surface area contributed by atoms with Gasteiger partial charge in [-0.1, -0.05) is 32.9 Å². The molecule has 0 aliphatic heterocycles. The van der Waals surface area contributed by atoms with Crippen molar-refractivity contribution in [1.82, 2.24) is 9.55 Å². The molecule has 2 aromatic rings. The van der Waals surface area contributed by atoms with Crippen molar-refractivity contribution in [2.75, 3.05) is 25.6 Å². The van der Waals surface area contributed by atoms with E-state index in [0.29, 0.717) is 25.6 Å². The van der Waals surface area contributed by atoms with E-state index < -0.39 is 0 Å².